The molecule has 0 saturated heterocycles. The molecule has 2 rings (SSSR count). The van der Waals surface area contributed by atoms with Crippen LogP contribution in [0, 0.1) is 5.41 Å². The molecular weight excluding hydrogens is 236 g/mol. The van der Waals surface area contributed by atoms with E-state index in [9.17, 15) is 0 Å². The molecule has 3 nitrogen and oxygen atoms in total. The Morgan fingerprint density at radius 2 is 1.84 bits per heavy atom. The molecule has 1 N–H and O–H groups in total. The van der Waals surface area contributed by atoms with Crippen molar-refractivity contribution in [3.8, 4) is 0 Å². The van der Waals surface area contributed by atoms with Gasteiger partial charge >= 0.3 is 0 Å². The topological polar surface area (TPSA) is 24.5 Å². The Balaban J connectivity index is 1.86. The Hall–Kier alpha value is -0.120. The van der Waals surface area contributed by atoms with Gasteiger partial charge in [0.25, 0.3) is 0 Å². The molecule has 0 bridgehead atoms. The van der Waals surface area contributed by atoms with Crippen LogP contribution >= 0.6 is 0 Å². The van der Waals surface area contributed by atoms with Crippen molar-refractivity contribution in [3.05, 3.63) is 0 Å². The Morgan fingerprint density at radius 1 is 1.16 bits per heavy atom. The maximum Gasteiger partial charge on any atom is 0.0587 e. The van der Waals surface area contributed by atoms with Gasteiger partial charge < -0.3 is 15.0 Å². The largest absolute Gasteiger partial charge is 0.383 e. The van der Waals surface area contributed by atoms with Gasteiger partial charge in [0.05, 0.1) is 6.61 Å². The number of hydrogen-bond acceptors (Lipinski definition) is 3. The summed E-state index contributed by atoms with van der Waals surface area (Å²) >= 11 is 0. The molecular formula is C16H32N2O. The fraction of sp³-hybridized carbons (Fsp3) is 1.00. The van der Waals surface area contributed by atoms with E-state index >= 15 is 0 Å². The van der Waals surface area contributed by atoms with Gasteiger partial charge in [-0.3, -0.25) is 0 Å². The minimum Gasteiger partial charge on any atom is -0.383 e. The second-order valence-corrected chi connectivity index (χ2v) is 6.73. The normalized spacial score (nSPS) is 23.5. The molecule has 0 aromatic heterocycles. The first-order chi connectivity index (χ1) is 9.26. The maximum atomic E-state index is 5.15. The molecule has 2 fully saturated rings. The molecule has 3 heteroatoms. The number of nitrogens with one attached hydrogen (secondary N) is 1. The lowest BCUT2D eigenvalue weighted by atomic mass is 9.79. The summed E-state index contributed by atoms with van der Waals surface area (Å²) in [5, 5.41) is 3.64. The standard InChI is InChI=1S/C16H32N2O/c1-18(15-7-8-15)14-16(13-17-11-12-19-2)9-5-3-4-6-10-16/h15,17H,3-14H2,1-2H3. The van der Waals surface area contributed by atoms with Gasteiger partial charge in [-0.25, -0.2) is 0 Å². The van der Waals surface area contributed by atoms with Crippen molar-refractivity contribution in [2.45, 2.75) is 57.4 Å². The summed E-state index contributed by atoms with van der Waals surface area (Å²) in [5.74, 6) is 0. The number of hydrogen-bond donors (Lipinski definition) is 1. The van der Waals surface area contributed by atoms with E-state index in [0.29, 0.717) is 5.41 Å². The molecule has 2 aliphatic carbocycles. The fourth-order valence-electron chi connectivity index (χ4n) is 3.57. The van der Waals surface area contributed by atoms with Gasteiger partial charge in [-0.15, -0.1) is 0 Å². The molecule has 112 valence electrons. The first kappa shape index (κ1) is 15.3. The summed E-state index contributed by atoms with van der Waals surface area (Å²) in [7, 11) is 4.11. The highest BCUT2D eigenvalue weighted by Crippen LogP contribution is 2.37. The highest BCUT2D eigenvalue weighted by Gasteiger charge is 2.36. The summed E-state index contributed by atoms with van der Waals surface area (Å²) in [4.78, 5) is 2.63. The lowest BCUT2D eigenvalue weighted by Gasteiger charge is -2.37. The quantitative estimate of drug-likeness (QED) is 0.541. The van der Waals surface area contributed by atoms with Gasteiger partial charge in [0.1, 0.15) is 0 Å². The van der Waals surface area contributed by atoms with Crippen LogP contribution in [0.4, 0.5) is 0 Å². The third-order valence-corrected chi connectivity index (χ3v) is 4.90. The molecule has 0 radical (unpaired) electrons. The third kappa shape index (κ3) is 5.05. The lowest BCUT2D eigenvalue weighted by Crippen LogP contribution is -2.44. The predicted molar refractivity (Wildman–Crippen MR) is 80.5 cm³/mol. The Labute approximate surface area is 119 Å². The third-order valence-electron chi connectivity index (χ3n) is 4.90. The minimum absolute atomic E-state index is 0.515. The number of ether oxygens (including phenoxy) is 1. The van der Waals surface area contributed by atoms with E-state index in [1.165, 1.54) is 64.5 Å². The molecule has 0 spiro atoms. The van der Waals surface area contributed by atoms with Crippen molar-refractivity contribution in [1.29, 1.82) is 0 Å². The molecule has 2 aliphatic rings. The summed E-state index contributed by atoms with van der Waals surface area (Å²) < 4.78 is 5.15. The second-order valence-electron chi connectivity index (χ2n) is 6.73. The highest BCUT2D eigenvalue weighted by molar-refractivity contribution is 4.91. The average Bonchev–Trinajstić information content (AvgIpc) is 3.22. The van der Waals surface area contributed by atoms with Crippen molar-refractivity contribution in [3.63, 3.8) is 0 Å². The Kier molecular flexibility index (Phi) is 6.11. The Bertz CT molecular complexity index is 245. The van der Waals surface area contributed by atoms with Crippen LogP contribution in [-0.4, -0.2) is 51.3 Å². The molecule has 0 aliphatic heterocycles. The van der Waals surface area contributed by atoms with E-state index in [4.69, 9.17) is 4.74 Å². The van der Waals surface area contributed by atoms with E-state index < -0.39 is 0 Å². The SMILES string of the molecule is COCCNCC1(CN(C)C2CC2)CCCCCC1. The van der Waals surface area contributed by atoms with E-state index in [1.807, 2.05) is 0 Å². The molecule has 2 saturated carbocycles. The predicted octanol–water partition coefficient (Wildman–Crippen LogP) is 2.66. The van der Waals surface area contributed by atoms with Crippen molar-refractivity contribution in [2.75, 3.05) is 40.4 Å². The van der Waals surface area contributed by atoms with Crippen LogP contribution in [-0.2, 0) is 4.74 Å². The highest BCUT2D eigenvalue weighted by atomic mass is 16.5. The van der Waals surface area contributed by atoms with Crippen molar-refractivity contribution in [1.82, 2.24) is 10.2 Å². The van der Waals surface area contributed by atoms with E-state index in [0.717, 1.165) is 19.2 Å². The van der Waals surface area contributed by atoms with Gasteiger partial charge in [-0.1, -0.05) is 25.7 Å². The van der Waals surface area contributed by atoms with Crippen LogP contribution in [0.2, 0.25) is 0 Å². The first-order valence-electron chi connectivity index (χ1n) is 8.16. The van der Waals surface area contributed by atoms with Crippen LogP contribution in [0.15, 0.2) is 0 Å². The zero-order valence-electron chi connectivity index (χ0n) is 12.9. The molecule has 0 unspecified atom stereocenters. The zero-order chi connectivity index (χ0) is 13.6. The Morgan fingerprint density at radius 3 is 2.42 bits per heavy atom. The van der Waals surface area contributed by atoms with E-state index in [2.05, 4.69) is 17.3 Å². The van der Waals surface area contributed by atoms with Gasteiger partial charge in [-0.2, -0.15) is 0 Å². The summed E-state index contributed by atoms with van der Waals surface area (Å²) in [5.41, 5.74) is 0.515. The monoisotopic (exact) mass is 268 g/mol. The van der Waals surface area contributed by atoms with E-state index in [1.54, 1.807) is 7.11 Å². The molecule has 19 heavy (non-hydrogen) atoms. The van der Waals surface area contributed by atoms with E-state index in [-0.39, 0.29) is 0 Å². The van der Waals surface area contributed by atoms with Gasteiger partial charge in [0, 0.05) is 32.8 Å². The minimum atomic E-state index is 0.515. The summed E-state index contributed by atoms with van der Waals surface area (Å²) in [6.07, 6.45) is 11.4. The number of rotatable bonds is 8. The summed E-state index contributed by atoms with van der Waals surface area (Å²) in [6, 6.07) is 0.888. The van der Waals surface area contributed by atoms with Crippen molar-refractivity contribution >= 4 is 0 Å². The lowest BCUT2D eigenvalue weighted by molar-refractivity contribution is 0.134. The smallest absolute Gasteiger partial charge is 0.0587 e. The fourth-order valence-corrected chi connectivity index (χ4v) is 3.57. The number of methoxy groups -OCH3 is 1. The van der Waals surface area contributed by atoms with Crippen LogP contribution in [0.25, 0.3) is 0 Å². The average molecular weight is 268 g/mol. The van der Waals surface area contributed by atoms with Crippen LogP contribution < -0.4 is 5.32 Å². The second kappa shape index (κ2) is 7.61. The maximum absolute atomic E-state index is 5.15. The molecule has 0 aromatic carbocycles. The number of nitrogens with zero attached hydrogens (tertiary/aromatic N) is 1. The van der Waals surface area contributed by atoms with Crippen molar-refractivity contribution in [2.24, 2.45) is 5.41 Å². The first-order valence-corrected chi connectivity index (χ1v) is 8.16. The zero-order valence-corrected chi connectivity index (χ0v) is 12.9. The summed E-state index contributed by atoms with van der Waals surface area (Å²) in [6.45, 7) is 4.28. The van der Waals surface area contributed by atoms with Gasteiger partial charge in [0.2, 0.25) is 0 Å². The van der Waals surface area contributed by atoms with Crippen LogP contribution in [0.3, 0.4) is 0 Å². The molecule has 0 atom stereocenters. The van der Waals surface area contributed by atoms with Gasteiger partial charge in [-0.05, 0) is 38.1 Å². The molecule has 0 amide bonds. The van der Waals surface area contributed by atoms with Crippen LogP contribution in [0.5, 0.6) is 0 Å². The molecule has 0 heterocycles. The molecule has 0 aromatic rings. The van der Waals surface area contributed by atoms with Crippen molar-refractivity contribution < 1.29 is 4.74 Å². The van der Waals surface area contributed by atoms with Gasteiger partial charge in [0.15, 0.2) is 0 Å². The van der Waals surface area contributed by atoms with Crippen LogP contribution in [0.1, 0.15) is 51.4 Å².